The van der Waals surface area contributed by atoms with Crippen LogP contribution in [0.15, 0.2) is 42.5 Å². The predicted octanol–water partition coefficient (Wildman–Crippen LogP) is 3.30. The van der Waals surface area contributed by atoms with Crippen molar-refractivity contribution in [2.24, 2.45) is 0 Å². The number of ether oxygens (including phenoxy) is 2. The molecule has 0 heterocycles. The average Bonchev–Trinajstić information content (AvgIpc) is 2.51. The first-order chi connectivity index (χ1) is 11.5. The van der Waals surface area contributed by atoms with E-state index < -0.39 is 4.92 Å². The summed E-state index contributed by atoms with van der Waals surface area (Å²) in [6.07, 6.45) is 0.928. The van der Waals surface area contributed by atoms with Crippen molar-refractivity contribution in [3.63, 3.8) is 0 Å². The molecule has 2 aromatic carbocycles. The monoisotopic (exact) mass is 331 g/mol. The van der Waals surface area contributed by atoms with Crippen LogP contribution in [-0.2, 0) is 0 Å². The summed E-state index contributed by atoms with van der Waals surface area (Å²) < 4.78 is 11.4. The van der Waals surface area contributed by atoms with Crippen LogP contribution in [0.25, 0.3) is 0 Å². The van der Waals surface area contributed by atoms with E-state index in [-0.39, 0.29) is 11.4 Å². The molecule has 0 saturated heterocycles. The highest BCUT2D eigenvalue weighted by Gasteiger charge is 2.12. The van der Waals surface area contributed by atoms with Gasteiger partial charge in [-0.25, -0.2) is 0 Å². The van der Waals surface area contributed by atoms with Gasteiger partial charge in [0.25, 0.3) is 5.69 Å². The molecule has 0 aliphatic rings. The van der Waals surface area contributed by atoms with E-state index in [0.717, 1.165) is 13.0 Å². The molecule has 0 saturated carbocycles. The summed E-state index contributed by atoms with van der Waals surface area (Å²) in [5.74, 6) is 1.72. The number of benzene rings is 2. The largest absolute Gasteiger partial charge is 0.493 e. The minimum absolute atomic E-state index is 0.0635. The van der Waals surface area contributed by atoms with Crippen LogP contribution in [0, 0.1) is 10.1 Å². The number of nitro groups is 1. The fourth-order valence-corrected chi connectivity index (χ4v) is 2.10. The zero-order valence-electron chi connectivity index (χ0n) is 13.8. The standard InChI is InChI=1S/C17H21N3O4/c1-19(2)9-4-10-23-13-5-3-6-14(11-13)24-15-7-8-17(20(21)22)16(18)12-15/h3,5-8,11-12H,4,9-10,18H2,1-2H3. The summed E-state index contributed by atoms with van der Waals surface area (Å²) in [5.41, 5.74) is 5.59. The summed E-state index contributed by atoms with van der Waals surface area (Å²) in [6.45, 7) is 1.57. The fourth-order valence-electron chi connectivity index (χ4n) is 2.10. The molecule has 128 valence electrons. The van der Waals surface area contributed by atoms with Gasteiger partial charge in [-0.3, -0.25) is 10.1 Å². The molecule has 0 bridgehead atoms. The Labute approximate surface area is 140 Å². The van der Waals surface area contributed by atoms with Crippen LogP contribution in [0.2, 0.25) is 0 Å². The molecule has 0 radical (unpaired) electrons. The van der Waals surface area contributed by atoms with Crippen LogP contribution >= 0.6 is 0 Å². The minimum atomic E-state index is -0.526. The summed E-state index contributed by atoms with van der Waals surface area (Å²) in [4.78, 5) is 12.3. The highest BCUT2D eigenvalue weighted by molar-refractivity contribution is 5.61. The Kier molecular flexibility index (Phi) is 5.97. The van der Waals surface area contributed by atoms with Crippen LogP contribution < -0.4 is 15.2 Å². The van der Waals surface area contributed by atoms with Crippen LogP contribution in [-0.4, -0.2) is 37.1 Å². The maximum absolute atomic E-state index is 10.8. The van der Waals surface area contributed by atoms with Gasteiger partial charge in [0.05, 0.1) is 11.5 Å². The molecule has 0 spiro atoms. The van der Waals surface area contributed by atoms with Crippen molar-refractivity contribution in [1.82, 2.24) is 4.90 Å². The van der Waals surface area contributed by atoms with Gasteiger partial charge >= 0.3 is 0 Å². The third kappa shape index (κ3) is 5.13. The van der Waals surface area contributed by atoms with Crippen molar-refractivity contribution in [3.05, 3.63) is 52.6 Å². The first kappa shape index (κ1) is 17.6. The van der Waals surface area contributed by atoms with E-state index in [1.165, 1.54) is 18.2 Å². The molecule has 0 amide bonds. The Morgan fingerprint density at radius 1 is 1.12 bits per heavy atom. The van der Waals surface area contributed by atoms with Gasteiger partial charge in [-0.05, 0) is 38.7 Å². The average molecular weight is 331 g/mol. The Bertz CT molecular complexity index is 704. The molecular formula is C17H21N3O4. The van der Waals surface area contributed by atoms with Crippen molar-refractivity contribution in [2.45, 2.75) is 6.42 Å². The molecule has 0 unspecified atom stereocenters. The molecule has 0 fully saturated rings. The van der Waals surface area contributed by atoms with Crippen molar-refractivity contribution in [3.8, 4) is 17.2 Å². The Morgan fingerprint density at radius 2 is 1.83 bits per heavy atom. The number of nitrogen functional groups attached to an aromatic ring is 1. The first-order valence-electron chi connectivity index (χ1n) is 7.55. The second-order valence-electron chi connectivity index (χ2n) is 5.56. The van der Waals surface area contributed by atoms with Crippen molar-refractivity contribution in [1.29, 1.82) is 0 Å². The number of nitrogens with two attached hydrogens (primary N) is 1. The highest BCUT2D eigenvalue weighted by Crippen LogP contribution is 2.30. The zero-order chi connectivity index (χ0) is 17.5. The molecule has 24 heavy (non-hydrogen) atoms. The predicted molar refractivity (Wildman–Crippen MR) is 92.7 cm³/mol. The maximum Gasteiger partial charge on any atom is 0.292 e. The lowest BCUT2D eigenvalue weighted by atomic mass is 10.2. The quantitative estimate of drug-likeness (QED) is 0.345. The number of rotatable bonds is 8. The number of hydrogen-bond acceptors (Lipinski definition) is 6. The lowest BCUT2D eigenvalue weighted by Crippen LogP contribution is -2.15. The van der Waals surface area contributed by atoms with Gasteiger partial charge in [-0.2, -0.15) is 0 Å². The van der Waals surface area contributed by atoms with Gasteiger partial charge in [-0.15, -0.1) is 0 Å². The van der Waals surface area contributed by atoms with E-state index in [1.54, 1.807) is 12.1 Å². The molecule has 0 aromatic heterocycles. The van der Waals surface area contributed by atoms with E-state index in [4.69, 9.17) is 15.2 Å². The minimum Gasteiger partial charge on any atom is -0.493 e. The van der Waals surface area contributed by atoms with Crippen molar-refractivity contribution >= 4 is 11.4 Å². The smallest absolute Gasteiger partial charge is 0.292 e. The van der Waals surface area contributed by atoms with Gasteiger partial charge in [0.2, 0.25) is 0 Å². The maximum atomic E-state index is 10.8. The van der Waals surface area contributed by atoms with E-state index in [9.17, 15) is 10.1 Å². The Hall–Kier alpha value is -2.80. The summed E-state index contributed by atoms with van der Waals surface area (Å²) >= 11 is 0. The number of anilines is 1. The molecule has 2 aromatic rings. The third-order valence-electron chi connectivity index (χ3n) is 3.26. The summed E-state index contributed by atoms with van der Waals surface area (Å²) in [5, 5.41) is 10.8. The molecule has 7 heteroatoms. The third-order valence-corrected chi connectivity index (χ3v) is 3.26. The molecule has 2 N–H and O–H groups in total. The topological polar surface area (TPSA) is 90.9 Å². The summed E-state index contributed by atoms with van der Waals surface area (Å²) in [6, 6.07) is 11.5. The van der Waals surface area contributed by atoms with Crippen LogP contribution in [0.5, 0.6) is 17.2 Å². The Morgan fingerprint density at radius 3 is 2.50 bits per heavy atom. The second-order valence-corrected chi connectivity index (χ2v) is 5.56. The fraction of sp³-hybridized carbons (Fsp3) is 0.294. The Balaban J connectivity index is 1.99. The molecule has 0 atom stereocenters. The van der Waals surface area contributed by atoms with Crippen molar-refractivity contribution in [2.75, 3.05) is 33.0 Å². The highest BCUT2D eigenvalue weighted by atomic mass is 16.6. The SMILES string of the molecule is CN(C)CCCOc1cccc(Oc2ccc([N+](=O)[O-])c(N)c2)c1. The molecular weight excluding hydrogens is 310 g/mol. The second kappa shape index (κ2) is 8.16. The number of nitrogens with zero attached hydrogens (tertiary/aromatic N) is 2. The van der Waals surface area contributed by atoms with Gasteiger partial charge in [0.15, 0.2) is 0 Å². The molecule has 2 rings (SSSR count). The lowest BCUT2D eigenvalue weighted by Gasteiger charge is -2.11. The zero-order valence-corrected chi connectivity index (χ0v) is 13.8. The molecule has 0 aliphatic carbocycles. The lowest BCUT2D eigenvalue weighted by molar-refractivity contribution is -0.383. The number of nitro benzene ring substituents is 1. The van der Waals surface area contributed by atoms with Crippen molar-refractivity contribution < 1.29 is 14.4 Å². The van der Waals surface area contributed by atoms with Gasteiger partial charge in [0, 0.05) is 24.7 Å². The summed E-state index contributed by atoms with van der Waals surface area (Å²) in [7, 11) is 4.04. The van der Waals surface area contributed by atoms with Gasteiger partial charge < -0.3 is 20.1 Å². The number of hydrogen-bond donors (Lipinski definition) is 1. The van der Waals surface area contributed by atoms with E-state index in [2.05, 4.69) is 4.90 Å². The van der Waals surface area contributed by atoms with E-state index in [0.29, 0.717) is 23.9 Å². The van der Waals surface area contributed by atoms with Crippen LogP contribution in [0.3, 0.4) is 0 Å². The van der Waals surface area contributed by atoms with E-state index in [1.807, 2.05) is 26.2 Å². The van der Waals surface area contributed by atoms with Crippen LogP contribution in [0.4, 0.5) is 11.4 Å². The van der Waals surface area contributed by atoms with Gasteiger partial charge in [-0.1, -0.05) is 6.07 Å². The normalized spacial score (nSPS) is 10.6. The van der Waals surface area contributed by atoms with Gasteiger partial charge in [0.1, 0.15) is 22.9 Å². The molecule has 7 nitrogen and oxygen atoms in total. The van der Waals surface area contributed by atoms with E-state index >= 15 is 0 Å². The molecule has 0 aliphatic heterocycles. The first-order valence-corrected chi connectivity index (χ1v) is 7.55. The van der Waals surface area contributed by atoms with Crippen LogP contribution in [0.1, 0.15) is 6.42 Å².